The minimum absolute atomic E-state index is 0.227. The number of alkyl halides is 1. The van der Waals surface area contributed by atoms with Gasteiger partial charge in [-0.25, -0.2) is 4.79 Å². The Morgan fingerprint density at radius 1 is 1.33 bits per heavy atom. The molecule has 0 bridgehead atoms. The molecule has 4 heteroatoms. The molecule has 1 aliphatic rings. The SMILES string of the molecule is CC(C)(C)OC(=O)N1Cc2ccc(CI)cc2C1. The van der Waals surface area contributed by atoms with Gasteiger partial charge in [-0.2, -0.15) is 0 Å². The number of hydrogen-bond acceptors (Lipinski definition) is 2. The summed E-state index contributed by atoms with van der Waals surface area (Å²) in [7, 11) is 0. The maximum atomic E-state index is 12.0. The van der Waals surface area contributed by atoms with Gasteiger partial charge in [-0.15, -0.1) is 0 Å². The van der Waals surface area contributed by atoms with Crippen LogP contribution in [0.4, 0.5) is 4.79 Å². The summed E-state index contributed by atoms with van der Waals surface area (Å²) < 4.78 is 6.39. The van der Waals surface area contributed by atoms with Gasteiger partial charge in [0.1, 0.15) is 5.60 Å². The molecule has 1 aromatic carbocycles. The van der Waals surface area contributed by atoms with E-state index in [0.29, 0.717) is 13.1 Å². The number of amides is 1. The second-order valence-electron chi connectivity index (χ2n) is 5.57. The van der Waals surface area contributed by atoms with Gasteiger partial charge in [0.25, 0.3) is 0 Å². The highest BCUT2D eigenvalue weighted by Crippen LogP contribution is 2.26. The average molecular weight is 359 g/mol. The van der Waals surface area contributed by atoms with Crippen LogP contribution in [-0.2, 0) is 22.3 Å². The Kier molecular flexibility index (Phi) is 3.84. The molecule has 1 aromatic rings. The van der Waals surface area contributed by atoms with Crippen molar-refractivity contribution in [1.82, 2.24) is 4.90 Å². The standard InChI is InChI=1S/C14H18INO2/c1-14(2,3)18-13(17)16-8-11-5-4-10(7-15)6-12(11)9-16/h4-6H,7-9H2,1-3H3. The number of benzene rings is 1. The molecule has 0 N–H and O–H groups in total. The monoisotopic (exact) mass is 359 g/mol. The lowest BCUT2D eigenvalue weighted by Gasteiger charge is -2.24. The Morgan fingerprint density at radius 2 is 2.00 bits per heavy atom. The summed E-state index contributed by atoms with van der Waals surface area (Å²) in [6, 6.07) is 6.43. The Hall–Kier alpha value is -0.780. The first kappa shape index (κ1) is 13.6. The molecule has 0 aliphatic carbocycles. The molecular formula is C14H18INO2. The minimum atomic E-state index is -0.431. The van der Waals surface area contributed by atoms with E-state index in [0.717, 1.165) is 4.43 Å². The molecule has 18 heavy (non-hydrogen) atoms. The smallest absolute Gasteiger partial charge is 0.410 e. The van der Waals surface area contributed by atoms with Crippen molar-refractivity contribution in [1.29, 1.82) is 0 Å². The summed E-state index contributed by atoms with van der Waals surface area (Å²) in [5, 5.41) is 0. The summed E-state index contributed by atoms with van der Waals surface area (Å²) in [6.07, 6.45) is -0.227. The summed E-state index contributed by atoms with van der Waals surface area (Å²) in [5.41, 5.74) is 3.35. The number of fused-ring (bicyclic) bond motifs is 1. The number of ether oxygens (including phenoxy) is 1. The van der Waals surface area contributed by atoms with Gasteiger partial charge in [0.2, 0.25) is 0 Å². The van der Waals surface area contributed by atoms with E-state index >= 15 is 0 Å². The third kappa shape index (κ3) is 3.16. The normalized spacial score (nSPS) is 14.6. The van der Waals surface area contributed by atoms with Crippen LogP contribution >= 0.6 is 22.6 Å². The number of nitrogens with zero attached hydrogens (tertiary/aromatic N) is 1. The highest BCUT2D eigenvalue weighted by molar-refractivity contribution is 14.1. The molecule has 1 heterocycles. The van der Waals surface area contributed by atoms with E-state index in [4.69, 9.17) is 4.74 Å². The summed E-state index contributed by atoms with van der Waals surface area (Å²) in [4.78, 5) is 13.7. The lowest BCUT2D eigenvalue weighted by Crippen LogP contribution is -2.33. The number of halogens is 1. The summed E-state index contributed by atoms with van der Waals surface area (Å²) in [5.74, 6) is 0. The molecule has 1 aliphatic heterocycles. The molecule has 0 spiro atoms. The quantitative estimate of drug-likeness (QED) is 0.563. The van der Waals surface area contributed by atoms with Gasteiger partial charge in [-0.1, -0.05) is 40.8 Å². The minimum Gasteiger partial charge on any atom is -0.444 e. The zero-order valence-corrected chi connectivity index (χ0v) is 13.2. The van der Waals surface area contributed by atoms with E-state index in [2.05, 4.69) is 40.8 Å². The Balaban J connectivity index is 2.08. The first-order valence-electron chi connectivity index (χ1n) is 6.03. The molecule has 0 saturated carbocycles. The van der Waals surface area contributed by atoms with E-state index in [1.54, 1.807) is 4.90 Å². The van der Waals surface area contributed by atoms with Gasteiger partial charge in [-0.05, 0) is 37.5 Å². The number of hydrogen-bond donors (Lipinski definition) is 0. The topological polar surface area (TPSA) is 29.5 Å². The zero-order chi connectivity index (χ0) is 13.3. The van der Waals surface area contributed by atoms with Crippen molar-refractivity contribution in [3.8, 4) is 0 Å². The largest absolute Gasteiger partial charge is 0.444 e. The molecular weight excluding hydrogens is 341 g/mol. The van der Waals surface area contributed by atoms with Gasteiger partial charge in [0, 0.05) is 17.5 Å². The van der Waals surface area contributed by atoms with Crippen molar-refractivity contribution >= 4 is 28.7 Å². The van der Waals surface area contributed by atoms with Crippen molar-refractivity contribution in [3.05, 3.63) is 34.9 Å². The Labute approximate surface area is 122 Å². The molecule has 0 atom stereocenters. The van der Waals surface area contributed by atoms with Crippen LogP contribution < -0.4 is 0 Å². The Bertz CT molecular complexity index is 465. The highest BCUT2D eigenvalue weighted by atomic mass is 127. The second-order valence-corrected chi connectivity index (χ2v) is 6.34. The summed E-state index contributed by atoms with van der Waals surface area (Å²) in [6.45, 7) is 6.99. The molecule has 0 aromatic heterocycles. The highest BCUT2D eigenvalue weighted by Gasteiger charge is 2.27. The van der Waals surface area contributed by atoms with Crippen molar-refractivity contribution in [2.24, 2.45) is 0 Å². The van der Waals surface area contributed by atoms with E-state index < -0.39 is 5.60 Å². The van der Waals surface area contributed by atoms with Crippen LogP contribution in [0.1, 0.15) is 37.5 Å². The number of carbonyl (C=O) groups excluding carboxylic acids is 1. The second kappa shape index (κ2) is 5.07. The fourth-order valence-electron chi connectivity index (χ4n) is 1.99. The van der Waals surface area contributed by atoms with Gasteiger partial charge < -0.3 is 4.74 Å². The predicted molar refractivity (Wildman–Crippen MR) is 79.6 cm³/mol. The van der Waals surface area contributed by atoms with E-state index in [9.17, 15) is 4.79 Å². The third-order valence-corrected chi connectivity index (χ3v) is 3.68. The van der Waals surface area contributed by atoms with Crippen LogP contribution in [0.15, 0.2) is 18.2 Å². The molecule has 0 saturated heterocycles. The van der Waals surface area contributed by atoms with Crippen LogP contribution in [0.25, 0.3) is 0 Å². The van der Waals surface area contributed by atoms with Crippen LogP contribution in [0, 0.1) is 0 Å². The molecule has 2 rings (SSSR count). The molecule has 0 radical (unpaired) electrons. The van der Waals surface area contributed by atoms with E-state index in [1.807, 2.05) is 20.8 Å². The third-order valence-electron chi connectivity index (χ3n) is 2.80. The zero-order valence-electron chi connectivity index (χ0n) is 11.0. The summed E-state index contributed by atoms with van der Waals surface area (Å²) >= 11 is 2.35. The van der Waals surface area contributed by atoms with Crippen molar-refractivity contribution in [2.45, 2.75) is 43.9 Å². The average Bonchev–Trinajstić information content (AvgIpc) is 2.69. The van der Waals surface area contributed by atoms with Gasteiger partial charge in [0.15, 0.2) is 0 Å². The predicted octanol–water partition coefficient (Wildman–Crippen LogP) is 3.87. The van der Waals surface area contributed by atoms with E-state index in [1.165, 1.54) is 16.7 Å². The first-order valence-corrected chi connectivity index (χ1v) is 7.56. The maximum Gasteiger partial charge on any atom is 0.410 e. The van der Waals surface area contributed by atoms with Crippen LogP contribution in [-0.4, -0.2) is 16.6 Å². The maximum absolute atomic E-state index is 12.0. The molecule has 98 valence electrons. The first-order chi connectivity index (χ1) is 8.39. The van der Waals surface area contributed by atoms with Gasteiger partial charge in [0.05, 0.1) is 0 Å². The van der Waals surface area contributed by atoms with Crippen LogP contribution in [0.3, 0.4) is 0 Å². The van der Waals surface area contributed by atoms with E-state index in [-0.39, 0.29) is 6.09 Å². The lowest BCUT2D eigenvalue weighted by atomic mass is 10.1. The van der Waals surface area contributed by atoms with Crippen molar-refractivity contribution < 1.29 is 9.53 Å². The van der Waals surface area contributed by atoms with Gasteiger partial charge in [-0.3, -0.25) is 4.90 Å². The fraction of sp³-hybridized carbons (Fsp3) is 0.500. The molecule has 1 amide bonds. The molecule has 0 fully saturated rings. The molecule has 3 nitrogen and oxygen atoms in total. The number of carbonyl (C=O) groups is 1. The van der Waals surface area contributed by atoms with Crippen LogP contribution in [0.2, 0.25) is 0 Å². The molecule has 0 unspecified atom stereocenters. The van der Waals surface area contributed by atoms with Crippen molar-refractivity contribution in [2.75, 3.05) is 0 Å². The Morgan fingerprint density at radius 3 is 2.61 bits per heavy atom. The fourth-order valence-corrected chi connectivity index (χ4v) is 2.46. The lowest BCUT2D eigenvalue weighted by molar-refractivity contribution is 0.0242. The van der Waals surface area contributed by atoms with Crippen LogP contribution in [0.5, 0.6) is 0 Å². The number of rotatable bonds is 1. The van der Waals surface area contributed by atoms with Gasteiger partial charge >= 0.3 is 6.09 Å². The van der Waals surface area contributed by atoms with Crippen molar-refractivity contribution in [3.63, 3.8) is 0 Å².